The quantitative estimate of drug-likeness (QED) is 0.169. The molecule has 0 saturated carbocycles. The van der Waals surface area contributed by atoms with Crippen LogP contribution in [0.2, 0.25) is 0 Å². The summed E-state index contributed by atoms with van der Waals surface area (Å²) in [5.41, 5.74) is 24.4. The number of nitrogens with zero attached hydrogens (tertiary/aromatic N) is 4. The second kappa shape index (κ2) is 16.8. The summed E-state index contributed by atoms with van der Waals surface area (Å²) >= 11 is 0. The fraction of sp³-hybridized carbons (Fsp3) is 0.236. The number of fused-ring (bicyclic) bond motifs is 10. The lowest BCUT2D eigenvalue weighted by Crippen LogP contribution is -2.11. The van der Waals surface area contributed by atoms with Crippen LogP contribution in [0.25, 0.3) is 94.3 Å². The van der Waals surface area contributed by atoms with Gasteiger partial charge in [-0.2, -0.15) is 0 Å². The number of imidazole rings is 1. The summed E-state index contributed by atoms with van der Waals surface area (Å²) in [5, 5.41) is 5.02. The third-order valence-corrected chi connectivity index (χ3v) is 16.6. The molecule has 4 aromatic heterocycles. The molecule has 0 bridgehead atoms. The van der Waals surface area contributed by atoms with Crippen LogP contribution < -0.4 is 0 Å². The van der Waals surface area contributed by atoms with Gasteiger partial charge in [0.05, 0.1) is 39.1 Å². The van der Waals surface area contributed by atoms with Crippen molar-refractivity contribution in [3.8, 4) is 45.0 Å². The minimum Gasteiger partial charge on any atom is -0.309 e. The van der Waals surface area contributed by atoms with E-state index in [0.29, 0.717) is 0 Å². The van der Waals surface area contributed by atoms with Gasteiger partial charge in [-0.05, 0) is 138 Å². The molecule has 12 aromatic rings. The van der Waals surface area contributed by atoms with Crippen LogP contribution in [0.3, 0.4) is 0 Å². The molecule has 76 heavy (non-hydrogen) atoms. The molecule has 4 heteroatoms. The molecule has 0 radical (unpaired) electrons. The van der Waals surface area contributed by atoms with E-state index in [4.69, 9.17) is 4.98 Å². The van der Waals surface area contributed by atoms with Gasteiger partial charge in [0, 0.05) is 50.5 Å². The summed E-state index contributed by atoms with van der Waals surface area (Å²) < 4.78 is 7.29. The maximum Gasteiger partial charge on any atom is 0.138 e. The fourth-order valence-corrected chi connectivity index (χ4v) is 12.2. The summed E-state index contributed by atoms with van der Waals surface area (Å²) in [6.45, 7) is 27.8. The zero-order valence-corrected chi connectivity index (χ0v) is 46.3. The molecule has 376 valence electrons. The monoisotopic (exact) mass is 989 g/mol. The molecule has 0 fully saturated rings. The van der Waals surface area contributed by atoms with Crippen molar-refractivity contribution in [2.24, 2.45) is 0 Å². The third kappa shape index (κ3) is 7.66. The zero-order chi connectivity index (χ0) is 52.8. The predicted molar refractivity (Wildman–Crippen MR) is 322 cm³/mol. The second-order valence-electron chi connectivity index (χ2n) is 25.8. The normalized spacial score (nSPS) is 13.5. The zero-order valence-electron chi connectivity index (χ0n) is 46.3. The first-order chi connectivity index (χ1) is 36.2. The first-order valence-electron chi connectivity index (χ1n) is 27.3. The van der Waals surface area contributed by atoms with Gasteiger partial charge in [0.2, 0.25) is 0 Å². The summed E-state index contributed by atoms with van der Waals surface area (Å²) in [7, 11) is 0. The molecule has 1 aliphatic rings. The summed E-state index contributed by atoms with van der Waals surface area (Å²) in [6.07, 6.45) is 2.30. The SMILES string of the molecule is CC(C)(C)c1ccc2c(c1)-c1cc(C(C)(C)C)ccc1C2c1ccc2c(c1)c1cc(-n3c4ccc(C(C)(C)C)cc4c4cc(C(C)(C)C)ccc43)ccc1n2-c1ccc2nc(-c3ccccc3)c(-c3ccccc3)n2c1. The lowest BCUT2D eigenvalue weighted by atomic mass is 9.83. The number of benzene rings is 8. The van der Waals surface area contributed by atoms with Gasteiger partial charge in [-0.15, -0.1) is 0 Å². The average Bonchev–Trinajstić information content (AvgIpc) is 4.16. The van der Waals surface area contributed by atoms with Crippen LogP contribution in [0.5, 0.6) is 0 Å². The Labute approximate surface area is 448 Å². The smallest absolute Gasteiger partial charge is 0.138 e. The van der Waals surface area contributed by atoms with Crippen molar-refractivity contribution in [2.45, 2.75) is 111 Å². The van der Waals surface area contributed by atoms with Crippen LogP contribution in [0.4, 0.5) is 0 Å². The highest BCUT2D eigenvalue weighted by molar-refractivity contribution is 6.13. The lowest BCUT2D eigenvalue weighted by molar-refractivity contribution is 0.589. The van der Waals surface area contributed by atoms with Gasteiger partial charge < -0.3 is 9.13 Å². The van der Waals surface area contributed by atoms with Crippen LogP contribution in [0.1, 0.15) is 128 Å². The van der Waals surface area contributed by atoms with Gasteiger partial charge in [-0.1, -0.05) is 198 Å². The van der Waals surface area contributed by atoms with Gasteiger partial charge in [-0.3, -0.25) is 4.40 Å². The standard InChI is InChI=1S/C72H68N4/c1-69(2,3)47-24-30-53-55(38-47)56-39-48(70(4,5)6)25-31-54(56)66(53)46-23-32-61-57(37-46)60-42-51(75-62-33-26-49(71(7,8)9)40-58(62)59-41-50(72(10,11)12)27-34-63(59)75)28-35-64(60)76(61)52-29-36-65-73-67(44-19-15-13-16-20-44)68(74(65)43-52)45-21-17-14-18-22-45/h13-43,66H,1-12H3. The molecular formula is C72H68N4. The van der Waals surface area contributed by atoms with Crippen molar-refractivity contribution in [1.29, 1.82) is 0 Å². The molecule has 13 rings (SSSR count). The van der Waals surface area contributed by atoms with Gasteiger partial charge in [-0.25, -0.2) is 4.98 Å². The molecule has 4 nitrogen and oxygen atoms in total. The molecule has 0 amide bonds. The summed E-state index contributed by atoms with van der Waals surface area (Å²) in [5.74, 6) is 0.0810. The van der Waals surface area contributed by atoms with Crippen LogP contribution in [-0.4, -0.2) is 18.5 Å². The molecule has 8 aromatic carbocycles. The molecule has 0 saturated heterocycles. The third-order valence-electron chi connectivity index (χ3n) is 16.6. The maximum atomic E-state index is 5.31. The topological polar surface area (TPSA) is 27.2 Å². The fourth-order valence-electron chi connectivity index (χ4n) is 12.2. The van der Waals surface area contributed by atoms with E-state index in [2.05, 4.69) is 285 Å². The second-order valence-corrected chi connectivity index (χ2v) is 25.8. The number of hydrogen-bond donors (Lipinski definition) is 0. The number of aromatic nitrogens is 4. The Morgan fingerprint density at radius 1 is 0.368 bits per heavy atom. The van der Waals surface area contributed by atoms with Crippen molar-refractivity contribution in [1.82, 2.24) is 18.5 Å². The Hall–Kier alpha value is -7.95. The van der Waals surface area contributed by atoms with Gasteiger partial charge in [0.1, 0.15) is 5.65 Å². The van der Waals surface area contributed by atoms with Gasteiger partial charge >= 0.3 is 0 Å². The average molecular weight is 989 g/mol. The Morgan fingerprint density at radius 2 is 0.789 bits per heavy atom. The number of pyridine rings is 1. The Bertz CT molecular complexity index is 4170. The van der Waals surface area contributed by atoms with Crippen molar-refractivity contribution in [3.05, 3.63) is 227 Å². The Balaban J connectivity index is 1.08. The van der Waals surface area contributed by atoms with Crippen molar-refractivity contribution in [2.75, 3.05) is 0 Å². The van der Waals surface area contributed by atoms with E-state index < -0.39 is 0 Å². The van der Waals surface area contributed by atoms with Crippen molar-refractivity contribution < 1.29 is 0 Å². The van der Waals surface area contributed by atoms with E-state index in [1.54, 1.807) is 0 Å². The molecule has 0 spiro atoms. The molecule has 0 aliphatic heterocycles. The summed E-state index contributed by atoms with van der Waals surface area (Å²) in [4.78, 5) is 5.31. The van der Waals surface area contributed by atoms with Crippen LogP contribution in [0, 0.1) is 0 Å². The van der Waals surface area contributed by atoms with E-state index in [1.807, 2.05) is 0 Å². The highest BCUT2D eigenvalue weighted by atomic mass is 15.1. The minimum atomic E-state index is 0.0114. The van der Waals surface area contributed by atoms with Crippen molar-refractivity contribution >= 4 is 49.3 Å². The molecule has 1 aliphatic carbocycles. The predicted octanol–water partition coefficient (Wildman–Crippen LogP) is 19.2. The summed E-state index contributed by atoms with van der Waals surface area (Å²) in [6, 6.07) is 69.1. The van der Waals surface area contributed by atoms with Gasteiger partial charge in [0.15, 0.2) is 0 Å². The number of hydrogen-bond acceptors (Lipinski definition) is 1. The van der Waals surface area contributed by atoms with E-state index in [-0.39, 0.29) is 27.6 Å². The Morgan fingerprint density at radius 3 is 1.32 bits per heavy atom. The highest BCUT2D eigenvalue weighted by Crippen LogP contribution is 2.51. The van der Waals surface area contributed by atoms with Crippen LogP contribution in [0.15, 0.2) is 188 Å². The van der Waals surface area contributed by atoms with Crippen LogP contribution >= 0.6 is 0 Å². The molecule has 0 atom stereocenters. The minimum absolute atomic E-state index is 0.0114. The largest absolute Gasteiger partial charge is 0.309 e. The first kappa shape index (κ1) is 47.7. The van der Waals surface area contributed by atoms with E-state index in [1.165, 1.54) is 82.6 Å². The van der Waals surface area contributed by atoms with Crippen LogP contribution in [-0.2, 0) is 21.7 Å². The molecule has 4 heterocycles. The lowest BCUT2D eigenvalue weighted by Gasteiger charge is -2.21. The van der Waals surface area contributed by atoms with E-state index in [9.17, 15) is 0 Å². The van der Waals surface area contributed by atoms with E-state index >= 15 is 0 Å². The molecule has 0 N–H and O–H groups in total. The number of rotatable bonds is 5. The van der Waals surface area contributed by atoms with Gasteiger partial charge in [0.25, 0.3) is 0 Å². The van der Waals surface area contributed by atoms with Crippen molar-refractivity contribution in [3.63, 3.8) is 0 Å². The highest BCUT2D eigenvalue weighted by Gasteiger charge is 2.33. The molecular weight excluding hydrogens is 921 g/mol. The molecule has 0 unspecified atom stereocenters. The Kier molecular flexibility index (Phi) is 10.5. The maximum absolute atomic E-state index is 5.31. The first-order valence-corrected chi connectivity index (χ1v) is 27.3. The van der Waals surface area contributed by atoms with E-state index in [0.717, 1.165) is 50.6 Å².